The fourth-order valence-electron chi connectivity index (χ4n) is 1.42. The Balaban J connectivity index is 2.75. The van der Waals surface area contributed by atoms with Gasteiger partial charge in [-0.2, -0.15) is 10.5 Å². The van der Waals surface area contributed by atoms with Gasteiger partial charge in [-0.3, -0.25) is 0 Å². The molecule has 2 rings (SSSR count). The standard InChI is InChI=1S/C12H6N2S/c13-7-9-3-1-4-10(8-14)12(9)11-5-2-6-15-11/h1-6H. The van der Waals surface area contributed by atoms with E-state index in [1.54, 1.807) is 18.2 Å². The number of nitrogens with zero attached hydrogens (tertiary/aromatic N) is 2. The Hall–Kier alpha value is -2.10. The highest BCUT2D eigenvalue weighted by molar-refractivity contribution is 7.13. The molecule has 0 bridgehead atoms. The van der Waals surface area contributed by atoms with E-state index >= 15 is 0 Å². The molecule has 0 amide bonds. The highest BCUT2D eigenvalue weighted by atomic mass is 32.1. The highest BCUT2D eigenvalue weighted by Crippen LogP contribution is 2.30. The predicted molar refractivity (Wildman–Crippen MR) is 59.2 cm³/mol. The fourth-order valence-corrected chi connectivity index (χ4v) is 2.22. The third-order valence-electron chi connectivity index (χ3n) is 2.07. The first-order chi connectivity index (χ1) is 7.36. The summed E-state index contributed by atoms with van der Waals surface area (Å²) in [5.41, 5.74) is 1.85. The molecule has 0 unspecified atom stereocenters. The maximum atomic E-state index is 8.98. The van der Waals surface area contributed by atoms with Crippen molar-refractivity contribution in [2.45, 2.75) is 0 Å². The molecule has 1 aromatic heterocycles. The van der Waals surface area contributed by atoms with Gasteiger partial charge >= 0.3 is 0 Å². The largest absolute Gasteiger partial charge is 0.192 e. The van der Waals surface area contributed by atoms with Crippen molar-refractivity contribution in [2.24, 2.45) is 0 Å². The summed E-state index contributed by atoms with van der Waals surface area (Å²) in [6.45, 7) is 0. The van der Waals surface area contributed by atoms with E-state index < -0.39 is 0 Å². The number of nitriles is 2. The summed E-state index contributed by atoms with van der Waals surface area (Å²) >= 11 is 1.53. The van der Waals surface area contributed by atoms with Crippen LogP contribution in [0.1, 0.15) is 11.1 Å². The minimum atomic E-state index is 0.552. The summed E-state index contributed by atoms with van der Waals surface area (Å²) in [5.74, 6) is 0. The van der Waals surface area contributed by atoms with Crippen LogP contribution >= 0.6 is 11.3 Å². The van der Waals surface area contributed by atoms with E-state index in [0.717, 1.165) is 10.4 Å². The summed E-state index contributed by atoms with van der Waals surface area (Å²) in [4.78, 5) is 0.962. The molecular formula is C12H6N2S. The molecule has 15 heavy (non-hydrogen) atoms. The molecule has 0 N–H and O–H groups in total. The van der Waals surface area contributed by atoms with Gasteiger partial charge in [-0.15, -0.1) is 11.3 Å². The SMILES string of the molecule is N#Cc1cccc(C#N)c1-c1cccs1. The van der Waals surface area contributed by atoms with Crippen LogP contribution < -0.4 is 0 Å². The van der Waals surface area contributed by atoms with E-state index in [9.17, 15) is 0 Å². The number of thiophene rings is 1. The Morgan fingerprint density at radius 3 is 2.07 bits per heavy atom. The second kappa shape index (κ2) is 3.96. The van der Waals surface area contributed by atoms with Crippen LogP contribution in [-0.4, -0.2) is 0 Å². The summed E-state index contributed by atoms with van der Waals surface area (Å²) < 4.78 is 0. The molecule has 0 radical (unpaired) electrons. The Morgan fingerprint density at radius 1 is 0.933 bits per heavy atom. The van der Waals surface area contributed by atoms with Crippen molar-refractivity contribution in [3.8, 4) is 22.6 Å². The van der Waals surface area contributed by atoms with Crippen molar-refractivity contribution in [3.05, 3.63) is 46.8 Å². The van der Waals surface area contributed by atoms with Gasteiger partial charge in [0.2, 0.25) is 0 Å². The van der Waals surface area contributed by atoms with Crippen molar-refractivity contribution in [2.75, 3.05) is 0 Å². The van der Waals surface area contributed by atoms with Gasteiger partial charge in [0.05, 0.1) is 23.3 Å². The number of benzene rings is 1. The van der Waals surface area contributed by atoms with Crippen molar-refractivity contribution >= 4 is 11.3 Å². The van der Waals surface area contributed by atoms with Gasteiger partial charge in [0.25, 0.3) is 0 Å². The maximum absolute atomic E-state index is 8.98. The van der Waals surface area contributed by atoms with Crippen LogP contribution in [0.2, 0.25) is 0 Å². The van der Waals surface area contributed by atoms with Crippen LogP contribution in [0, 0.1) is 22.7 Å². The van der Waals surface area contributed by atoms with E-state index in [2.05, 4.69) is 12.1 Å². The van der Waals surface area contributed by atoms with Gasteiger partial charge in [0, 0.05) is 10.4 Å². The molecule has 0 aliphatic heterocycles. The van der Waals surface area contributed by atoms with Crippen molar-refractivity contribution in [1.29, 1.82) is 10.5 Å². The van der Waals surface area contributed by atoms with Gasteiger partial charge in [-0.1, -0.05) is 12.1 Å². The van der Waals surface area contributed by atoms with Gasteiger partial charge < -0.3 is 0 Å². The summed E-state index contributed by atoms with van der Waals surface area (Å²) in [5, 5.41) is 19.9. The molecule has 2 aromatic rings. The molecule has 0 atom stereocenters. The summed E-state index contributed by atoms with van der Waals surface area (Å²) in [6.07, 6.45) is 0. The Labute approximate surface area is 91.6 Å². The first kappa shape index (κ1) is 9.45. The normalized spacial score (nSPS) is 9.20. The fraction of sp³-hybridized carbons (Fsp3) is 0. The third kappa shape index (κ3) is 1.61. The smallest absolute Gasteiger partial charge is 0.0998 e. The predicted octanol–water partition coefficient (Wildman–Crippen LogP) is 3.16. The lowest BCUT2D eigenvalue weighted by Crippen LogP contribution is -1.86. The molecule has 0 aliphatic rings. The lowest BCUT2D eigenvalue weighted by Gasteiger charge is -2.02. The number of hydrogen-bond acceptors (Lipinski definition) is 3. The molecule has 0 fully saturated rings. The van der Waals surface area contributed by atoms with Gasteiger partial charge in [0.1, 0.15) is 0 Å². The summed E-state index contributed by atoms with van der Waals surface area (Å²) in [6, 6.07) is 13.3. The molecule has 0 spiro atoms. The van der Waals surface area contributed by atoms with Crippen LogP contribution in [0.4, 0.5) is 0 Å². The van der Waals surface area contributed by atoms with Gasteiger partial charge in [-0.05, 0) is 23.6 Å². The van der Waals surface area contributed by atoms with Gasteiger partial charge in [0.15, 0.2) is 0 Å². The minimum Gasteiger partial charge on any atom is -0.192 e. The molecule has 0 saturated carbocycles. The topological polar surface area (TPSA) is 47.6 Å². The van der Waals surface area contributed by atoms with Crippen molar-refractivity contribution < 1.29 is 0 Å². The average molecular weight is 210 g/mol. The quantitative estimate of drug-likeness (QED) is 0.725. The second-order valence-corrected chi connectivity index (χ2v) is 3.88. The molecule has 1 heterocycles. The zero-order chi connectivity index (χ0) is 10.7. The maximum Gasteiger partial charge on any atom is 0.0998 e. The number of rotatable bonds is 1. The Kier molecular flexibility index (Phi) is 2.49. The highest BCUT2D eigenvalue weighted by Gasteiger charge is 2.10. The summed E-state index contributed by atoms with van der Waals surface area (Å²) in [7, 11) is 0. The average Bonchev–Trinajstić information content (AvgIpc) is 2.81. The zero-order valence-corrected chi connectivity index (χ0v) is 8.58. The molecule has 1 aromatic carbocycles. The monoisotopic (exact) mass is 210 g/mol. The molecule has 3 heteroatoms. The molecular weight excluding hydrogens is 204 g/mol. The van der Waals surface area contributed by atoms with Crippen LogP contribution in [0.25, 0.3) is 10.4 Å². The number of hydrogen-bond donors (Lipinski definition) is 0. The van der Waals surface area contributed by atoms with E-state index in [4.69, 9.17) is 10.5 Å². The van der Waals surface area contributed by atoms with Crippen molar-refractivity contribution in [1.82, 2.24) is 0 Å². The Bertz CT molecular complexity index is 524. The minimum absolute atomic E-state index is 0.552. The first-order valence-electron chi connectivity index (χ1n) is 4.34. The van der Waals surface area contributed by atoms with Gasteiger partial charge in [-0.25, -0.2) is 0 Å². The van der Waals surface area contributed by atoms with Crippen LogP contribution in [0.5, 0.6) is 0 Å². The van der Waals surface area contributed by atoms with E-state index in [-0.39, 0.29) is 0 Å². The Morgan fingerprint density at radius 2 is 1.60 bits per heavy atom. The first-order valence-corrected chi connectivity index (χ1v) is 5.22. The third-order valence-corrected chi connectivity index (χ3v) is 2.96. The van der Waals surface area contributed by atoms with Crippen molar-refractivity contribution in [3.63, 3.8) is 0 Å². The zero-order valence-electron chi connectivity index (χ0n) is 7.77. The van der Waals surface area contributed by atoms with Crippen LogP contribution in [0.3, 0.4) is 0 Å². The van der Waals surface area contributed by atoms with Crippen LogP contribution in [0.15, 0.2) is 35.7 Å². The lowest BCUT2D eigenvalue weighted by molar-refractivity contribution is 1.45. The van der Waals surface area contributed by atoms with Crippen LogP contribution in [-0.2, 0) is 0 Å². The molecule has 2 nitrogen and oxygen atoms in total. The second-order valence-electron chi connectivity index (χ2n) is 2.93. The van der Waals surface area contributed by atoms with E-state index in [1.807, 2.05) is 17.5 Å². The molecule has 70 valence electrons. The molecule has 0 aliphatic carbocycles. The van der Waals surface area contributed by atoms with E-state index in [0.29, 0.717) is 11.1 Å². The lowest BCUT2D eigenvalue weighted by atomic mass is 10.0. The van der Waals surface area contributed by atoms with E-state index in [1.165, 1.54) is 11.3 Å². The molecule has 0 saturated heterocycles.